The second kappa shape index (κ2) is 8.06. The number of aromatic nitrogens is 2. The molecule has 1 aliphatic rings. The highest BCUT2D eigenvalue weighted by molar-refractivity contribution is 5.20. The smallest absolute Gasteiger partial charge is 0.306 e. The van der Waals surface area contributed by atoms with Gasteiger partial charge in [-0.3, -0.25) is 14.8 Å². The minimum Gasteiger partial charge on any atom is -0.390 e. The van der Waals surface area contributed by atoms with Crippen LogP contribution in [0, 0.1) is 16.0 Å². The number of hydrogen-bond acceptors (Lipinski definition) is 6. The fourth-order valence-corrected chi connectivity index (χ4v) is 1.93. The third-order valence-corrected chi connectivity index (χ3v) is 3.30. The van der Waals surface area contributed by atoms with Crippen molar-refractivity contribution in [3.05, 3.63) is 22.5 Å². The van der Waals surface area contributed by atoms with Crippen molar-refractivity contribution in [2.24, 2.45) is 5.92 Å². The fourth-order valence-electron chi connectivity index (χ4n) is 1.93. The molecule has 1 fully saturated rings. The first-order valence-corrected chi connectivity index (χ1v) is 7.28. The summed E-state index contributed by atoms with van der Waals surface area (Å²) in [6, 6.07) is 0. The summed E-state index contributed by atoms with van der Waals surface area (Å²) in [5, 5.41) is 27.3. The predicted molar refractivity (Wildman–Crippen MR) is 75.9 cm³/mol. The molecule has 1 aliphatic carbocycles. The average molecular weight is 298 g/mol. The van der Waals surface area contributed by atoms with E-state index in [1.807, 2.05) is 0 Å². The van der Waals surface area contributed by atoms with Crippen LogP contribution in [0.2, 0.25) is 0 Å². The van der Waals surface area contributed by atoms with E-state index in [0.29, 0.717) is 6.54 Å². The highest BCUT2D eigenvalue weighted by Gasteiger charge is 2.20. The zero-order valence-corrected chi connectivity index (χ0v) is 12.0. The van der Waals surface area contributed by atoms with Gasteiger partial charge in [0.05, 0.1) is 17.6 Å². The van der Waals surface area contributed by atoms with Gasteiger partial charge in [0.15, 0.2) is 0 Å². The lowest BCUT2D eigenvalue weighted by Gasteiger charge is -2.11. The van der Waals surface area contributed by atoms with Crippen LogP contribution >= 0.6 is 0 Å². The van der Waals surface area contributed by atoms with Gasteiger partial charge in [-0.2, -0.15) is 5.10 Å². The summed E-state index contributed by atoms with van der Waals surface area (Å²) in [7, 11) is 0. The van der Waals surface area contributed by atoms with Crippen molar-refractivity contribution >= 4 is 5.69 Å². The lowest BCUT2D eigenvalue weighted by Crippen LogP contribution is -2.31. The molecular weight excluding hydrogens is 276 g/mol. The molecule has 0 aliphatic heterocycles. The molecule has 0 saturated heterocycles. The Morgan fingerprint density at radius 1 is 1.62 bits per heavy atom. The molecule has 8 heteroatoms. The van der Waals surface area contributed by atoms with Crippen LogP contribution in [0.25, 0.3) is 0 Å². The van der Waals surface area contributed by atoms with Crippen LogP contribution in [0.5, 0.6) is 0 Å². The van der Waals surface area contributed by atoms with Gasteiger partial charge in [-0.05, 0) is 31.7 Å². The third-order valence-electron chi connectivity index (χ3n) is 3.30. The minimum atomic E-state index is -0.628. The molecule has 118 valence electrons. The van der Waals surface area contributed by atoms with Crippen molar-refractivity contribution in [2.45, 2.75) is 31.9 Å². The molecule has 8 nitrogen and oxygen atoms in total. The Balaban J connectivity index is 1.50. The Bertz CT molecular complexity index is 447. The zero-order valence-electron chi connectivity index (χ0n) is 12.0. The summed E-state index contributed by atoms with van der Waals surface area (Å²) >= 11 is 0. The molecule has 0 amide bonds. The first kappa shape index (κ1) is 15.9. The Kier molecular flexibility index (Phi) is 6.09. The van der Waals surface area contributed by atoms with Crippen molar-refractivity contribution < 1.29 is 14.8 Å². The summed E-state index contributed by atoms with van der Waals surface area (Å²) in [6.45, 7) is 3.06. The molecule has 1 saturated carbocycles. The molecule has 2 N–H and O–H groups in total. The Labute approximate surface area is 123 Å². The Morgan fingerprint density at radius 3 is 3.10 bits per heavy atom. The lowest BCUT2D eigenvalue weighted by atomic mass is 10.3. The SMILES string of the molecule is O=[N+]([O-])c1cnn(CC(O)CNCCCOCC2CC2)c1. The van der Waals surface area contributed by atoms with E-state index in [9.17, 15) is 15.2 Å². The van der Waals surface area contributed by atoms with Gasteiger partial charge in [-0.25, -0.2) is 0 Å². The zero-order chi connectivity index (χ0) is 15.1. The Hall–Kier alpha value is -1.51. The number of aliphatic hydroxyl groups excluding tert-OH is 1. The van der Waals surface area contributed by atoms with E-state index < -0.39 is 11.0 Å². The van der Waals surface area contributed by atoms with Crippen LogP contribution in [-0.4, -0.2) is 52.2 Å². The Morgan fingerprint density at radius 2 is 2.43 bits per heavy atom. The molecule has 0 radical (unpaired) electrons. The van der Waals surface area contributed by atoms with Crippen molar-refractivity contribution in [1.29, 1.82) is 0 Å². The van der Waals surface area contributed by atoms with Crippen LogP contribution < -0.4 is 5.32 Å². The number of rotatable bonds is 11. The van der Waals surface area contributed by atoms with Gasteiger partial charge in [-0.1, -0.05) is 0 Å². The molecule has 0 aromatic carbocycles. The van der Waals surface area contributed by atoms with E-state index in [0.717, 1.165) is 32.1 Å². The number of hydrogen-bond donors (Lipinski definition) is 2. The van der Waals surface area contributed by atoms with Gasteiger partial charge >= 0.3 is 5.69 Å². The van der Waals surface area contributed by atoms with Gasteiger partial charge in [-0.15, -0.1) is 0 Å². The van der Waals surface area contributed by atoms with Gasteiger partial charge in [0.25, 0.3) is 0 Å². The first-order valence-electron chi connectivity index (χ1n) is 7.28. The standard InChI is InChI=1S/C13H22N4O4/c18-13(9-16-8-12(6-15-16)17(19)20)7-14-4-1-5-21-10-11-2-3-11/h6,8,11,13-14,18H,1-5,7,9-10H2. The summed E-state index contributed by atoms with van der Waals surface area (Å²) in [5.74, 6) is 0.790. The van der Waals surface area contributed by atoms with Crippen LogP contribution in [0.15, 0.2) is 12.4 Å². The normalized spacial score (nSPS) is 16.0. The topological polar surface area (TPSA) is 102 Å². The monoisotopic (exact) mass is 298 g/mol. The summed E-state index contributed by atoms with van der Waals surface area (Å²) in [4.78, 5) is 10.0. The molecule has 1 aromatic rings. The quantitative estimate of drug-likeness (QED) is 0.351. The highest BCUT2D eigenvalue weighted by atomic mass is 16.6. The molecule has 21 heavy (non-hydrogen) atoms. The number of nitrogens with one attached hydrogen (secondary N) is 1. The van der Waals surface area contributed by atoms with Crippen LogP contribution in [-0.2, 0) is 11.3 Å². The van der Waals surface area contributed by atoms with E-state index in [-0.39, 0.29) is 12.2 Å². The van der Waals surface area contributed by atoms with Crippen molar-refractivity contribution in [2.75, 3.05) is 26.3 Å². The molecule has 1 heterocycles. The van der Waals surface area contributed by atoms with Crippen LogP contribution in [0.1, 0.15) is 19.3 Å². The van der Waals surface area contributed by atoms with Gasteiger partial charge < -0.3 is 15.2 Å². The highest BCUT2D eigenvalue weighted by Crippen LogP contribution is 2.28. The molecular formula is C13H22N4O4. The molecule has 1 atom stereocenters. The van der Waals surface area contributed by atoms with Crippen molar-refractivity contribution in [3.63, 3.8) is 0 Å². The molecule has 1 aromatic heterocycles. The third kappa shape index (κ3) is 6.19. The molecule has 2 rings (SSSR count). The van der Waals surface area contributed by atoms with Gasteiger partial charge in [0.2, 0.25) is 0 Å². The maximum Gasteiger partial charge on any atom is 0.306 e. The first-order chi connectivity index (χ1) is 10.1. The molecule has 0 spiro atoms. The number of nitro groups is 1. The maximum atomic E-state index is 10.5. The summed E-state index contributed by atoms with van der Waals surface area (Å²) in [5.41, 5.74) is -0.0667. The molecule has 1 unspecified atom stereocenters. The predicted octanol–water partition coefficient (Wildman–Crippen LogP) is 0.558. The van der Waals surface area contributed by atoms with Crippen LogP contribution in [0.4, 0.5) is 5.69 Å². The minimum absolute atomic E-state index is 0.0667. The molecule has 0 bridgehead atoms. The fraction of sp³-hybridized carbons (Fsp3) is 0.769. The van der Waals surface area contributed by atoms with E-state index >= 15 is 0 Å². The largest absolute Gasteiger partial charge is 0.390 e. The van der Waals surface area contributed by atoms with E-state index in [4.69, 9.17) is 4.74 Å². The second-order valence-electron chi connectivity index (χ2n) is 5.41. The second-order valence-corrected chi connectivity index (χ2v) is 5.41. The van der Waals surface area contributed by atoms with Crippen molar-refractivity contribution in [3.8, 4) is 0 Å². The number of nitrogens with zero attached hydrogens (tertiary/aromatic N) is 3. The van der Waals surface area contributed by atoms with Crippen LogP contribution in [0.3, 0.4) is 0 Å². The number of ether oxygens (including phenoxy) is 1. The van der Waals surface area contributed by atoms with Crippen molar-refractivity contribution in [1.82, 2.24) is 15.1 Å². The van der Waals surface area contributed by atoms with E-state index in [1.165, 1.54) is 29.9 Å². The van der Waals surface area contributed by atoms with E-state index in [2.05, 4.69) is 10.4 Å². The number of aliphatic hydroxyl groups is 1. The average Bonchev–Trinajstić information content (AvgIpc) is 3.15. The van der Waals surface area contributed by atoms with Gasteiger partial charge in [0, 0.05) is 19.8 Å². The van der Waals surface area contributed by atoms with E-state index in [1.54, 1.807) is 0 Å². The van der Waals surface area contributed by atoms with Gasteiger partial charge in [0.1, 0.15) is 12.4 Å². The summed E-state index contributed by atoms with van der Waals surface area (Å²) < 4.78 is 6.88. The maximum absolute atomic E-state index is 10.5. The summed E-state index contributed by atoms with van der Waals surface area (Å²) in [6.07, 6.45) is 5.38. The lowest BCUT2D eigenvalue weighted by molar-refractivity contribution is -0.385.